The maximum atomic E-state index is 12.2. The molecular formula is C15H24BNO4. The molecule has 21 heavy (non-hydrogen) atoms. The van der Waals surface area contributed by atoms with Gasteiger partial charge in [-0.2, -0.15) is 0 Å². The summed E-state index contributed by atoms with van der Waals surface area (Å²) < 4.78 is 18.9. The molecule has 0 bridgehead atoms. The Bertz CT molecular complexity index is 576. The predicted molar refractivity (Wildman–Crippen MR) is 83.4 cm³/mol. The minimum atomic E-state index is -0.505. The van der Waals surface area contributed by atoms with Crippen molar-refractivity contribution in [2.24, 2.45) is 0 Å². The monoisotopic (exact) mass is 293 g/mol. The first-order valence-corrected chi connectivity index (χ1v) is 7.25. The molecule has 6 heteroatoms. The second-order valence-corrected chi connectivity index (χ2v) is 6.74. The van der Waals surface area contributed by atoms with Crippen LogP contribution in [0.25, 0.3) is 0 Å². The standard InChI is InChI=1S/C15H24BNO4/c1-10(2)17-9-11(8-12(19-7)13(17)18)16-20-14(3,4)15(5,6)21-16/h8-10H,1-7H3. The number of hydrogen-bond acceptors (Lipinski definition) is 4. The Labute approximate surface area is 126 Å². The molecule has 1 aromatic heterocycles. The highest BCUT2D eigenvalue weighted by atomic mass is 16.7. The lowest BCUT2D eigenvalue weighted by molar-refractivity contribution is 0.00578. The first-order valence-electron chi connectivity index (χ1n) is 7.25. The molecule has 0 saturated carbocycles. The Morgan fingerprint density at radius 2 is 1.71 bits per heavy atom. The van der Waals surface area contributed by atoms with Gasteiger partial charge in [0.05, 0.1) is 18.3 Å². The van der Waals surface area contributed by atoms with Crippen LogP contribution in [0, 0.1) is 0 Å². The van der Waals surface area contributed by atoms with E-state index in [1.165, 1.54) is 7.11 Å². The lowest BCUT2D eigenvalue weighted by atomic mass is 9.80. The quantitative estimate of drug-likeness (QED) is 0.797. The fourth-order valence-electron chi connectivity index (χ4n) is 2.23. The third kappa shape index (κ3) is 2.74. The molecule has 1 aliphatic rings. The van der Waals surface area contributed by atoms with Crippen LogP contribution >= 0.6 is 0 Å². The maximum absolute atomic E-state index is 12.2. The Kier molecular flexibility index (Phi) is 3.97. The summed E-state index contributed by atoms with van der Waals surface area (Å²) in [5, 5.41) is 0. The first kappa shape index (κ1) is 16.1. The largest absolute Gasteiger partial charge is 0.496 e. The van der Waals surface area contributed by atoms with Gasteiger partial charge in [-0.3, -0.25) is 4.79 Å². The average Bonchev–Trinajstić information content (AvgIpc) is 2.58. The van der Waals surface area contributed by atoms with Crippen molar-refractivity contribution in [2.75, 3.05) is 7.11 Å². The van der Waals surface area contributed by atoms with Gasteiger partial charge in [-0.25, -0.2) is 0 Å². The molecule has 0 aromatic carbocycles. The average molecular weight is 293 g/mol. The van der Waals surface area contributed by atoms with Gasteiger partial charge in [0.1, 0.15) is 0 Å². The zero-order chi connectivity index (χ0) is 16.0. The van der Waals surface area contributed by atoms with Gasteiger partial charge in [0.2, 0.25) is 0 Å². The highest BCUT2D eigenvalue weighted by molar-refractivity contribution is 6.62. The number of rotatable bonds is 3. The van der Waals surface area contributed by atoms with Gasteiger partial charge < -0.3 is 18.6 Å². The third-order valence-corrected chi connectivity index (χ3v) is 4.33. The SMILES string of the molecule is COc1cc(B2OC(C)(C)C(C)(C)O2)cn(C(C)C)c1=O. The molecule has 2 rings (SSSR count). The summed E-state index contributed by atoms with van der Waals surface area (Å²) in [5.41, 5.74) is -0.181. The molecule has 1 aromatic rings. The van der Waals surface area contributed by atoms with Crippen molar-refractivity contribution in [1.29, 1.82) is 0 Å². The minimum absolute atomic E-state index is 0.0359. The second kappa shape index (κ2) is 5.18. The predicted octanol–water partition coefficient (Wildman–Crippen LogP) is 1.74. The summed E-state index contributed by atoms with van der Waals surface area (Å²) in [6.45, 7) is 11.9. The molecule has 1 aliphatic heterocycles. The van der Waals surface area contributed by atoms with Crippen LogP contribution in [0.1, 0.15) is 47.6 Å². The Hall–Kier alpha value is -1.27. The fraction of sp³-hybridized carbons (Fsp3) is 0.667. The molecule has 116 valence electrons. The normalized spacial score (nSPS) is 20.1. The number of ether oxygens (including phenoxy) is 1. The highest BCUT2D eigenvalue weighted by Gasteiger charge is 2.52. The molecule has 2 heterocycles. The molecule has 1 fully saturated rings. The number of aromatic nitrogens is 1. The zero-order valence-corrected chi connectivity index (χ0v) is 13.9. The van der Waals surface area contributed by atoms with E-state index in [9.17, 15) is 4.79 Å². The zero-order valence-electron chi connectivity index (χ0n) is 13.9. The minimum Gasteiger partial charge on any atom is -0.491 e. The van der Waals surface area contributed by atoms with Crippen molar-refractivity contribution in [3.8, 4) is 5.75 Å². The van der Waals surface area contributed by atoms with E-state index in [0.717, 1.165) is 5.46 Å². The summed E-state index contributed by atoms with van der Waals surface area (Å²) in [6.07, 6.45) is 1.79. The lowest BCUT2D eigenvalue weighted by Crippen LogP contribution is -2.41. The van der Waals surface area contributed by atoms with Gasteiger partial charge in [-0.1, -0.05) is 0 Å². The van der Waals surface area contributed by atoms with Gasteiger partial charge in [0.15, 0.2) is 5.75 Å². The molecule has 0 aliphatic carbocycles. The van der Waals surface area contributed by atoms with Crippen molar-refractivity contribution in [3.63, 3.8) is 0 Å². The van der Waals surface area contributed by atoms with Gasteiger partial charge in [0.25, 0.3) is 5.56 Å². The fourth-order valence-corrected chi connectivity index (χ4v) is 2.23. The van der Waals surface area contributed by atoms with Gasteiger partial charge in [-0.15, -0.1) is 0 Å². The second-order valence-electron chi connectivity index (χ2n) is 6.74. The molecule has 0 amide bonds. The van der Waals surface area contributed by atoms with E-state index in [0.29, 0.717) is 5.75 Å². The summed E-state index contributed by atoms with van der Waals surface area (Å²) in [6, 6.07) is 1.73. The summed E-state index contributed by atoms with van der Waals surface area (Å²) in [4.78, 5) is 12.2. The third-order valence-electron chi connectivity index (χ3n) is 4.33. The summed E-state index contributed by atoms with van der Waals surface area (Å²) in [7, 11) is 0.990. The Morgan fingerprint density at radius 3 is 2.14 bits per heavy atom. The van der Waals surface area contributed by atoms with Gasteiger partial charge >= 0.3 is 7.12 Å². The van der Waals surface area contributed by atoms with Crippen molar-refractivity contribution in [2.45, 2.75) is 58.8 Å². The van der Waals surface area contributed by atoms with Gasteiger partial charge in [0, 0.05) is 17.7 Å². The van der Waals surface area contributed by atoms with Crippen LogP contribution in [0.15, 0.2) is 17.1 Å². The molecule has 1 saturated heterocycles. The van der Waals surface area contributed by atoms with E-state index in [4.69, 9.17) is 14.0 Å². The van der Waals surface area contributed by atoms with Crippen molar-refractivity contribution < 1.29 is 14.0 Å². The van der Waals surface area contributed by atoms with Crippen LogP contribution in [0.5, 0.6) is 5.75 Å². The van der Waals surface area contributed by atoms with E-state index in [2.05, 4.69) is 0 Å². The Morgan fingerprint density at radius 1 is 1.19 bits per heavy atom. The molecule has 0 N–H and O–H groups in total. The molecule has 0 spiro atoms. The number of hydrogen-bond donors (Lipinski definition) is 0. The number of pyridine rings is 1. The molecule has 0 radical (unpaired) electrons. The van der Waals surface area contributed by atoms with Crippen LogP contribution in [0.2, 0.25) is 0 Å². The molecule has 5 nitrogen and oxygen atoms in total. The van der Waals surface area contributed by atoms with E-state index in [-0.39, 0.29) is 11.6 Å². The van der Waals surface area contributed by atoms with E-state index < -0.39 is 18.3 Å². The first-order chi connectivity index (χ1) is 9.59. The molecule has 0 atom stereocenters. The van der Waals surface area contributed by atoms with Crippen molar-refractivity contribution in [1.82, 2.24) is 4.57 Å². The Balaban J connectivity index is 2.47. The summed E-state index contributed by atoms with van der Waals surface area (Å²) in [5.74, 6) is 0.302. The highest BCUT2D eigenvalue weighted by Crippen LogP contribution is 2.36. The maximum Gasteiger partial charge on any atom is 0.496 e. The van der Waals surface area contributed by atoms with Crippen molar-refractivity contribution in [3.05, 3.63) is 22.6 Å². The van der Waals surface area contributed by atoms with E-state index in [1.807, 2.05) is 41.5 Å². The van der Waals surface area contributed by atoms with Crippen LogP contribution < -0.4 is 15.8 Å². The number of methoxy groups -OCH3 is 1. The van der Waals surface area contributed by atoms with Crippen molar-refractivity contribution >= 4 is 12.6 Å². The topological polar surface area (TPSA) is 49.7 Å². The van der Waals surface area contributed by atoms with Crippen LogP contribution in [0.4, 0.5) is 0 Å². The van der Waals surface area contributed by atoms with Crippen LogP contribution in [-0.4, -0.2) is 30.0 Å². The molecular weight excluding hydrogens is 269 g/mol. The van der Waals surface area contributed by atoms with Crippen LogP contribution in [0.3, 0.4) is 0 Å². The van der Waals surface area contributed by atoms with Crippen LogP contribution in [-0.2, 0) is 9.31 Å². The lowest BCUT2D eigenvalue weighted by Gasteiger charge is -2.32. The molecule has 0 unspecified atom stereocenters. The smallest absolute Gasteiger partial charge is 0.491 e. The number of nitrogens with zero attached hydrogens (tertiary/aromatic N) is 1. The summed E-state index contributed by atoms with van der Waals surface area (Å²) >= 11 is 0. The van der Waals surface area contributed by atoms with E-state index >= 15 is 0 Å². The van der Waals surface area contributed by atoms with Gasteiger partial charge in [-0.05, 0) is 47.6 Å². The van der Waals surface area contributed by atoms with E-state index in [1.54, 1.807) is 16.8 Å².